The minimum Gasteiger partial charge on any atom is -0.0622 e. The molecule has 82 valence electrons. The molecule has 0 saturated carbocycles. The highest BCUT2D eigenvalue weighted by Crippen LogP contribution is 2.32. The number of rotatable bonds is 3. The molecule has 0 nitrogen and oxygen atoms in total. The zero-order valence-corrected chi connectivity index (χ0v) is 10.7. The van der Waals surface area contributed by atoms with Crippen molar-refractivity contribution in [2.75, 3.05) is 6.16 Å². The van der Waals surface area contributed by atoms with Crippen LogP contribution in [0.25, 0.3) is 0 Å². The highest BCUT2D eigenvalue weighted by molar-refractivity contribution is 7.72. The molecule has 0 bridgehead atoms. The molecule has 0 saturated heterocycles. The molecule has 0 aromatic heterocycles. The molecule has 0 N–H and O–H groups in total. The average molecular weight is 228 g/mol. The molecule has 1 atom stereocenters. The third kappa shape index (κ3) is 2.51. The molecule has 1 unspecified atom stereocenters. The van der Waals surface area contributed by atoms with E-state index in [4.69, 9.17) is 0 Å². The number of hydrogen-bond donors (Lipinski definition) is 0. The number of aryl methyl sites for hydroxylation is 1. The predicted molar refractivity (Wildman–Crippen MR) is 74.4 cm³/mol. The van der Waals surface area contributed by atoms with Gasteiger partial charge in [-0.05, 0) is 31.6 Å². The topological polar surface area (TPSA) is 0 Å². The van der Waals surface area contributed by atoms with Crippen molar-refractivity contribution < 1.29 is 0 Å². The van der Waals surface area contributed by atoms with E-state index in [2.05, 4.69) is 68.4 Å². The lowest BCUT2D eigenvalue weighted by molar-refractivity contribution is 1.48. The predicted octanol–water partition coefficient (Wildman–Crippen LogP) is 3.45. The van der Waals surface area contributed by atoms with E-state index in [1.54, 1.807) is 0 Å². The lowest BCUT2D eigenvalue weighted by Gasteiger charge is -2.16. The van der Waals surface area contributed by atoms with Gasteiger partial charge in [0, 0.05) is 0 Å². The zero-order valence-electron chi connectivity index (χ0n) is 9.85. The van der Waals surface area contributed by atoms with Crippen LogP contribution in [-0.4, -0.2) is 6.16 Å². The first-order valence-electron chi connectivity index (χ1n) is 5.70. The van der Waals surface area contributed by atoms with Crippen LogP contribution < -0.4 is 10.6 Å². The van der Waals surface area contributed by atoms with Crippen molar-refractivity contribution in [3.63, 3.8) is 0 Å². The summed E-state index contributed by atoms with van der Waals surface area (Å²) in [5.41, 5.74) is 1.34. The van der Waals surface area contributed by atoms with Crippen molar-refractivity contribution >= 4 is 18.5 Å². The Labute approximate surface area is 99.1 Å². The van der Waals surface area contributed by atoms with E-state index in [-0.39, 0.29) is 7.92 Å². The van der Waals surface area contributed by atoms with E-state index >= 15 is 0 Å². The summed E-state index contributed by atoms with van der Waals surface area (Å²) in [6, 6.07) is 19.8. The van der Waals surface area contributed by atoms with E-state index < -0.39 is 0 Å². The summed E-state index contributed by atoms with van der Waals surface area (Å²) in [4.78, 5) is 0. The fourth-order valence-corrected chi connectivity index (χ4v) is 3.92. The van der Waals surface area contributed by atoms with Crippen LogP contribution in [0.5, 0.6) is 0 Å². The van der Waals surface area contributed by atoms with E-state index in [1.165, 1.54) is 22.3 Å². The van der Waals surface area contributed by atoms with Gasteiger partial charge in [-0.3, -0.25) is 0 Å². The molecule has 0 aliphatic rings. The highest BCUT2D eigenvalue weighted by atomic mass is 31.1. The highest BCUT2D eigenvalue weighted by Gasteiger charge is 2.10. The summed E-state index contributed by atoms with van der Waals surface area (Å²) in [7, 11) is -0.161. The molecule has 0 heterocycles. The first kappa shape index (κ1) is 11.4. The molecule has 1 heteroatoms. The molecular formula is C15H17P. The molecule has 2 aromatic carbocycles. The fourth-order valence-electron chi connectivity index (χ4n) is 1.85. The Morgan fingerprint density at radius 3 is 1.94 bits per heavy atom. The normalized spacial score (nSPS) is 12.4. The Bertz CT molecular complexity index is 431. The maximum Gasteiger partial charge on any atom is -0.0195 e. The molecule has 16 heavy (non-hydrogen) atoms. The largest absolute Gasteiger partial charge is 0.0622 e. The van der Waals surface area contributed by atoms with Gasteiger partial charge in [0.2, 0.25) is 0 Å². The maximum absolute atomic E-state index is 2.28. The van der Waals surface area contributed by atoms with Crippen LogP contribution in [0.4, 0.5) is 0 Å². The minimum absolute atomic E-state index is 0.161. The summed E-state index contributed by atoms with van der Waals surface area (Å²) >= 11 is 0. The fraction of sp³-hybridized carbons (Fsp3) is 0.200. The van der Waals surface area contributed by atoms with Crippen molar-refractivity contribution in [3.05, 3.63) is 60.2 Å². The SMILES string of the molecule is CCP(c1ccccc1)c1ccc(C)cc1. The first-order valence-corrected chi connectivity index (χ1v) is 7.23. The lowest BCUT2D eigenvalue weighted by atomic mass is 10.2. The second kappa shape index (κ2) is 5.27. The van der Waals surface area contributed by atoms with Crippen molar-refractivity contribution in [2.45, 2.75) is 13.8 Å². The van der Waals surface area contributed by atoms with Crippen molar-refractivity contribution in [1.29, 1.82) is 0 Å². The van der Waals surface area contributed by atoms with Crippen molar-refractivity contribution in [1.82, 2.24) is 0 Å². The zero-order chi connectivity index (χ0) is 11.4. The van der Waals surface area contributed by atoms with Gasteiger partial charge in [-0.2, -0.15) is 0 Å². The number of benzene rings is 2. The maximum atomic E-state index is 2.28. The molecule has 2 aromatic rings. The van der Waals surface area contributed by atoms with Gasteiger partial charge in [0.05, 0.1) is 0 Å². The van der Waals surface area contributed by atoms with E-state index in [0.717, 1.165) is 0 Å². The standard InChI is InChI=1S/C15H17P/c1-3-16(14-7-5-4-6-8-14)15-11-9-13(2)10-12-15/h4-12H,3H2,1-2H3. The Kier molecular flexibility index (Phi) is 3.74. The monoisotopic (exact) mass is 228 g/mol. The molecule has 2 rings (SSSR count). The Morgan fingerprint density at radius 2 is 1.38 bits per heavy atom. The van der Waals surface area contributed by atoms with Gasteiger partial charge in [-0.25, -0.2) is 0 Å². The molecule has 0 aliphatic heterocycles. The molecule has 0 fully saturated rings. The van der Waals surface area contributed by atoms with Crippen LogP contribution in [0.2, 0.25) is 0 Å². The second-order valence-electron chi connectivity index (χ2n) is 3.92. The van der Waals surface area contributed by atoms with Crippen LogP contribution in [0.3, 0.4) is 0 Å². The molecule has 0 radical (unpaired) electrons. The quantitative estimate of drug-likeness (QED) is 0.706. The van der Waals surface area contributed by atoms with Crippen LogP contribution in [-0.2, 0) is 0 Å². The van der Waals surface area contributed by atoms with Crippen LogP contribution in [0, 0.1) is 6.92 Å². The van der Waals surface area contributed by atoms with E-state index in [9.17, 15) is 0 Å². The summed E-state index contributed by atoms with van der Waals surface area (Å²) in [6.07, 6.45) is 1.21. The number of hydrogen-bond acceptors (Lipinski definition) is 0. The van der Waals surface area contributed by atoms with E-state index in [0.29, 0.717) is 0 Å². The van der Waals surface area contributed by atoms with Crippen LogP contribution in [0.1, 0.15) is 12.5 Å². The molecule has 0 amide bonds. The third-order valence-corrected chi connectivity index (χ3v) is 5.21. The van der Waals surface area contributed by atoms with Gasteiger partial charge in [0.25, 0.3) is 0 Å². The summed E-state index contributed by atoms with van der Waals surface area (Å²) in [5, 5.41) is 2.96. The third-order valence-electron chi connectivity index (χ3n) is 2.73. The van der Waals surface area contributed by atoms with Gasteiger partial charge in [-0.15, -0.1) is 0 Å². The van der Waals surface area contributed by atoms with E-state index in [1.807, 2.05) is 0 Å². The average Bonchev–Trinajstić information content (AvgIpc) is 2.34. The van der Waals surface area contributed by atoms with Crippen molar-refractivity contribution in [2.24, 2.45) is 0 Å². The van der Waals surface area contributed by atoms with Gasteiger partial charge >= 0.3 is 0 Å². The second-order valence-corrected chi connectivity index (χ2v) is 6.44. The van der Waals surface area contributed by atoms with Crippen LogP contribution in [0.15, 0.2) is 54.6 Å². The van der Waals surface area contributed by atoms with Crippen LogP contribution >= 0.6 is 7.92 Å². The Morgan fingerprint density at radius 1 is 0.812 bits per heavy atom. The Hall–Kier alpha value is -1.13. The van der Waals surface area contributed by atoms with Gasteiger partial charge in [0.1, 0.15) is 0 Å². The lowest BCUT2D eigenvalue weighted by Crippen LogP contribution is -2.12. The van der Waals surface area contributed by atoms with Gasteiger partial charge in [0.15, 0.2) is 0 Å². The minimum atomic E-state index is -0.161. The summed E-state index contributed by atoms with van der Waals surface area (Å²) in [6.45, 7) is 4.42. The molecular weight excluding hydrogens is 211 g/mol. The summed E-state index contributed by atoms with van der Waals surface area (Å²) in [5.74, 6) is 0. The van der Waals surface area contributed by atoms with Gasteiger partial charge < -0.3 is 0 Å². The van der Waals surface area contributed by atoms with Gasteiger partial charge in [-0.1, -0.05) is 67.1 Å². The first-order chi connectivity index (χ1) is 7.81. The summed E-state index contributed by atoms with van der Waals surface area (Å²) < 4.78 is 0. The molecule has 0 aliphatic carbocycles. The molecule has 0 spiro atoms. The van der Waals surface area contributed by atoms with Crippen molar-refractivity contribution in [3.8, 4) is 0 Å². The smallest absolute Gasteiger partial charge is 0.0195 e. The Balaban J connectivity index is 2.33.